The van der Waals surface area contributed by atoms with Gasteiger partial charge in [0.25, 0.3) is 5.91 Å². The topological polar surface area (TPSA) is 68.0 Å². The SMILES string of the molecule is Nc1ccc(C(=O)Nc2ccc(Br)cc2C(F)(F)F)nc1. The van der Waals surface area contributed by atoms with Gasteiger partial charge in [-0.15, -0.1) is 0 Å². The summed E-state index contributed by atoms with van der Waals surface area (Å²) >= 11 is 2.97. The van der Waals surface area contributed by atoms with Crippen molar-refractivity contribution in [3.63, 3.8) is 0 Å². The molecule has 0 aliphatic carbocycles. The van der Waals surface area contributed by atoms with E-state index in [1.165, 1.54) is 30.5 Å². The molecule has 110 valence electrons. The lowest BCUT2D eigenvalue weighted by Gasteiger charge is -2.14. The van der Waals surface area contributed by atoms with Crippen LogP contribution in [0.5, 0.6) is 0 Å². The van der Waals surface area contributed by atoms with E-state index < -0.39 is 17.6 Å². The number of carbonyl (C=O) groups excluding carboxylic acids is 1. The van der Waals surface area contributed by atoms with Gasteiger partial charge in [-0.1, -0.05) is 15.9 Å². The highest BCUT2D eigenvalue weighted by Crippen LogP contribution is 2.36. The number of halogens is 4. The molecule has 2 rings (SSSR count). The average molecular weight is 360 g/mol. The summed E-state index contributed by atoms with van der Waals surface area (Å²) in [5.74, 6) is -0.747. The summed E-state index contributed by atoms with van der Waals surface area (Å²) < 4.78 is 39.1. The van der Waals surface area contributed by atoms with Gasteiger partial charge >= 0.3 is 6.18 Å². The molecule has 0 spiro atoms. The van der Waals surface area contributed by atoms with Crippen LogP contribution in [-0.2, 0) is 6.18 Å². The molecule has 1 heterocycles. The predicted octanol–water partition coefficient (Wildman–Crippen LogP) is 3.70. The molecule has 0 aliphatic heterocycles. The van der Waals surface area contributed by atoms with Crippen LogP contribution in [0.2, 0.25) is 0 Å². The summed E-state index contributed by atoms with van der Waals surface area (Å²) in [5.41, 5.74) is 4.47. The number of aromatic nitrogens is 1. The monoisotopic (exact) mass is 359 g/mol. The minimum absolute atomic E-state index is 0.0276. The van der Waals surface area contributed by atoms with Gasteiger partial charge in [-0.25, -0.2) is 4.98 Å². The van der Waals surface area contributed by atoms with Crippen molar-refractivity contribution in [3.8, 4) is 0 Å². The van der Waals surface area contributed by atoms with Gasteiger partial charge in [-0.05, 0) is 30.3 Å². The summed E-state index contributed by atoms with van der Waals surface area (Å²) in [7, 11) is 0. The Morgan fingerprint density at radius 2 is 1.95 bits per heavy atom. The fourth-order valence-corrected chi connectivity index (χ4v) is 1.95. The molecule has 1 amide bonds. The molecule has 0 unspecified atom stereocenters. The van der Waals surface area contributed by atoms with Crippen molar-refractivity contribution in [1.29, 1.82) is 0 Å². The molecule has 0 fully saturated rings. The molecule has 1 aromatic carbocycles. The molecule has 0 saturated heterocycles. The number of rotatable bonds is 2. The Morgan fingerprint density at radius 3 is 2.52 bits per heavy atom. The second-order valence-electron chi connectivity index (χ2n) is 4.12. The Hall–Kier alpha value is -2.09. The maximum absolute atomic E-state index is 12.9. The normalized spacial score (nSPS) is 11.2. The molecule has 0 atom stereocenters. The van der Waals surface area contributed by atoms with Crippen LogP contribution in [0, 0.1) is 0 Å². The zero-order valence-corrected chi connectivity index (χ0v) is 12.0. The van der Waals surface area contributed by atoms with Gasteiger partial charge in [0.15, 0.2) is 0 Å². The van der Waals surface area contributed by atoms with Crippen LogP contribution in [0.15, 0.2) is 41.0 Å². The lowest BCUT2D eigenvalue weighted by molar-refractivity contribution is -0.136. The van der Waals surface area contributed by atoms with Crippen LogP contribution in [0.4, 0.5) is 24.5 Å². The van der Waals surface area contributed by atoms with E-state index in [0.717, 1.165) is 6.07 Å². The fraction of sp³-hybridized carbons (Fsp3) is 0.0769. The molecule has 0 radical (unpaired) electrons. The molecule has 0 saturated carbocycles. The number of carbonyl (C=O) groups is 1. The number of nitrogens with one attached hydrogen (secondary N) is 1. The third-order valence-corrected chi connectivity index (χ3v) is 3.05. The quantitative estimate of drug-likeness (QED) is 0.858. The second kappa shape index (κ2) is 5.72. The standard InChI is InChI=1S/C13H9BrF3N3O/c14-7-1-3-10(9(5-7)13(15,16)17)20-12(21)11-4-2-8(18)6-19-11/h1-6H,18H2,(H,20,21). The Labute approximate surface area is 126 Å². The highest BCUT2D eigenvalue weighted by atomic mass is 79.9. The second-order valence-corrected chi connectivity index (χ2v) is 5.03. The van der Waals surface area contributed by atoms with Crippen LogP contribution in [0.25, 0.3) is 0 Å². The molecular weight excluding hydrogens is 351 g/mol. The third kappa shape index (κ3) is 3.72. The Morgan fingerprint density at radius 1 is 1.24 bits per heavy atom. The molecule has 2 aromatic rings. The van der Waals surface area contributed by atoms with Crippen molar-refractivity contribution >= 4 is 33.2 Å². The lowest BCUT2D eigenvalue weighted by atomic mass is 10.1. The highest BCUT2D eigenvalue weighted by molar-refractivity contribution is 9.10. The average Bonchev–Trinajstić information content (AvgIpc) is 2.40. The number of nitrogen functional groups attached to an aromatic ring is 1. The Balaban J connectivity index is 2.31. The van der Waals surface area contributed by atoms with Crippen LogP contribution >= 0.6 is 15.9 Å². The maximum atomic E-state index is 12.9. The molecule has 21 heavy (non-hydrogen) atoms. The summed E-state index contributed by atoms with van der Waals surface area (Å²) in [4.78, 5) is 15.7. The van der Waals surface area contributed by atoms with Gasteiger partial charge in [-0.2, -0.15) is 13.2 Å². The predicted molar refractivity (Wildman–Crippen MR) is 75.7 cm³/mol. The first-order valence-electron chi connectivity index (χ1n) is 5.67. The van der Waals surface area contributed by atoms with E-state index in [4.69, 9.17) is 5.73 Å². The van der Waals surface area contributed by atoms with Crippen LogP contribution in [-0.4, -0.2) is 10.9 Å². The van der Waals surface area contributed by atoms with Crippen molar-refractivity contribution in [2.45, 2.75) is 6.18 Å². The van der Waals surface area contributed by atoms with E-state index in [0.29, 0.717) is 5.69 Å². The first kappa shape index (κ1) is 15.3. The number of nitrogens with two attached hydrogens (primary N) is 1. The Kier molecular flexibility index (Phi) is 4.17. The van der Waals surface area contributed by atoms with Crippen molar-refractivity contribution in [3.05, 3.63) is 52.3 Å². The first-order chi connectivity index (χ1) is 9.77. The molecule has 0 aliphatic rings. The van der Waals surface area contributed by atoms with Gasteiger partial charge in [0.1, 0.15) is 5.69 Å². The van der Waals surface area contributed by atoms with Crippen LogP contribution in [0.3, 0.4) is 0 Å². The summed E-state index contributed by atoms with van der Waals surface area (Å²) in [6.07, 6.45) is -3.33. The van der Waals surface area contributed by atoms with E-state index in [2.05, 4.69) is 26.2 Å². The zero-order valence-electron chi connectivity index (χ0n) is 10.4. The lowest BCUT2D eigenvalue weighted by Crippen LogP contribution is -2.17. The number of benzene rings is 1. The van der Waals surface area contributed by atoms with E-state index in [9.17, 15) is 18.0 Å². The van der Waals surface area contributed by atoms with Gasteiger partial charge < -0.3 is 11.1 Å². The van der Waals surface area contributed by atoms with Crippen LogP contribution in [0.1, 0.15) is 16.1 Å². The van der Waals surface area contributed by atoms with E-state index in [1.54, 1.807) is 0 Å². The van der Waals surface area contributed by atoms with Crippen molar-refractivity contribution < 1.29 is 18.0 Å². The summed E-state index contributed by atoms with van der Waals surface area (Å²) in [6.45, 7) is 0. The van der Waals surface area contributed by atoms with Gasteiger partial charge in [0.05, 0.1) is 23.1 Å². The van der Waals surface area contributed by atoms with Crippen molar-refractivity contribution in [2.75, 3.05) is 11.1 Å². The van der Waals surface area contributed by atoms with E-state index in [1.807, 2.05) is 0 Å². The number of hydrogen-bond acceptors (Lipinski definition) is 3. The highest BCUT2D eigenvalue weighted by Gasteiger charge is 2.34. The van der Waals surface area contributed by atoms with Crippen LogP contribution < -0.4 is 11.1 Å². The number of anilines is 2. The van der Waals surface area contributed by atoms with Crippen molar-refractivity contribution in [2.24, 2.45) is 0 Å². The molecular formula is C13H9BrF3N3O. The molecule has 3 N–H and O–H groups in total. The largest absolute Gasteiger partial charge is 0.418 e. The zero-order chi connectivity index (χ0) is 15.6. The van der Waals surface area contributed by atoms with E-state index in [-0.39, 0.29) is 15.9 Å². The number of hydrogen-bond donors (Lipinski definition) is 2. The number of alkyl halides is 3. The summed E-state index contributed by atoms with van der Waals surface area (Å²) in [5, 5.41) is 2.20. The van der Waals surface area contributed by atoms with Gasteiger partial charge in [0.2, 0.25) is 0 Å². The van der Waals surface area contributed by atoms with Gasteiger partial charge in [-0.3, -0.25) is 4.79 Å². The number of pyridine rings is 1. The van der Waals surface area contributed by atoms with E-state index >= 15 is 0 Å². The smallest absolute Gasteiger partial charge is 0.397 e. The number of amides is 1. The minimum atomic E-state index is -4.58. The first-order valence-corrected chi connectivity index (χ1v) is 6.46. The summed E-state index contributed by atoms with van der Waals surface area (Å²) in [6, 6.07) is 6.24. The molecule has 0 bridgehead atoms. The molecule has 1 aromatic heterocycles. The molecule has 8 heteroatoms. The third-order valence-electron chi connectivity index (χ3n) is 2.55. The van der Waals surface area contributed by atoms with Crippen molar-refractivity contribution in [1.82, 2.24) is 4.98 Å². The van der Waals surface area contributed by atoms with Gasteiger partial charge in [0, 0.05) is 4.47 Å². The number of nitrogens with zero attached hydrogens (tertiary/aromatic N) is 1. The maximum Gasteiger partial charge on any atom is 0.418 e. The minimum Gasteiger partial charge on any atom is -0.397 e. The Bertz CT molecular complexity index is 671. The fourth-order valence-electron chi connectivity index (χ4n) is 1.59. The molecule has 4 nitrogen and oxygen atoms in total.